The van der Waals surface area contributed by atoms with Crippen LogP contribution in [0.15, 0.2) is 0 Å². The molecule has 13 heavy (non-hydrogen) atoms. The van der Waals surface area contributed by atoms with Crippen LogP contribution >= 0.6 is 0 Å². The Labute approximate surface area is 79.9 Å². The number of aryl methyl sites for hydroxylation is 2. The van der Waals surface area contributed by atoms with Crippen LogP contribution in [0.5, 0.6) is 0 Å². The summed E-state index contributed by atoms with van der Waals surface area (Å²) in [5.41, 5.74) is 9.58. The molecule has 1 atom stereocenters. The third kappa shape index (κ3) is 2.10. The van der Waals surface area contributed by atoms with E-state index in [2.05, 4.69) is 18.9 Å². The summed E-state index contributed by atoms with van der Waals surface area (Å²) in [7, 11) is 1.98. The summed E-state index contributed by atoms with van der Waals surface area (Å²) < 4.78 is 1.92. The molecule has 1 aromatic heterocycles. The fourth-order valence-electron chi connectivity index (χ4n) is 1.52. The first-order chi connectivity index (χ1) is 6.06. The van der Waals surface area contributed by atoms with Crippen LogP contribution in [0.1, 0.15) is 30.3 Å². The van der Waals surface area contributed by atoms with Crippen molar-refractivity contribution >= 4 is 0 Å². The van der Waals surface area contributed by atoms with Gasteiger partial charge in [-0.1, -0.05) is 6.92 Å². The lowest BCUT2D eigenvalue weighted by atomic mass is 10.0. The molecule has 0 spiro atoms. The van der Waals surface area contributed by atoms with Crippen molar-refractivity contribution in [3.8, 4) is 0 Å². The standard InChI is InChI=1S/C10H19N3/c1-5-9(11)6-10-7(2)12-13(4)8(10)3/h9H,5-6,11H2,1-4H3. The van der Waals surface area contributed by atoms with Gasteiger partial charge in [0, 0.05) is 18.8 Å². The van der Waals surface area contributed by atoms with E-state index >= 15 is 0 Å². The Balaban J connectivity index is 2.87. The van der Waals surface area contributed by atoms with Gasteiger partial charge < -0.3 is 5.73 Å². The van der Waals surface area contributed by atoms with E-state index in [1.165, 1.54) is 11.3 Å². The zero-order valence-electron chi connectivity index (χ0n) is 8.96. The molecule has 1 aromatic rings. The summed E-state index contributed by atoms with van der Waals surface area (Å²) in [4.78, 5) is 0. The van der Waals surface area contributed by atoms with Gasteiger partial charge in [0.1, 0.15) is 0 Å². The lowest BCUT2D eigenvalue weighted by Gasteiger charge is -2.08. The fraction of sp³-hybridized carbons (Fsp3) is 0.700. The molecule has 3 heteroatoms. The first-order valence-electron chi connectivity index (χ1n) is 4.80. The molecule has 0 aliphatic carbocycles. The summed E-state index contributed by atoms with van der Waals surface area (Å²) in [6.45, 7) is 6.26. The van der Waals surface area contributed by atoms with E-state index in [1.54, 1.807) is 0 Å². The molecule has 0 bridgehead atoms. The Morgan fingerprint density at radius 2 is 2.08 bits per heavy atom. The molecule has 0 amide bonds. The quantitative estimate of drug-likeness (QED) is 0.764. The van der Waals surface area contributed by atoms with Crippen LogP contribution in [-0.2, 0) is 13.5 Å². The molecule has 1 unspecified atom stereocenters. The smallest absolute Gasteiger partial charge is 0.0628 e. The van der Waals surface area contributed by atoms with Crippen molar-refractivity contribution in [1.29, 1.82) is 0 Å². The van der Waals surface area contributed by atoms with E-state index < -0.39 is 0 Å². The Bertz CT molecular complexity index is 289. The van der Waals surface area contributed by atoms with Gasteiger partial charge in [-0.3, -0.25) is 4.68 Å². The fourth-order valence-corrected chi connectivity index (χ4v) is 1.52. The Morgan fingerprint density at radius 3 is 2.46 bits per heavy atom. The zero-order valence-corrected chi connectivity index (χ0v) is 8.96. The zero-order chi connectivity index (χ0) is 10.0. The number of nitrogens with zero attached hydrogens (tertiary/aromatic N) is 2. The summed E-state index contributed by atoms with van der Waals surface area (Å²) in [5.74, 6) is 0. The molecule has 0 radical (unpaired) electrons. The van der Waals surface area contributed by atoms with Gasteiger partial charge >= 0.3 is 0 Å². The van der Waals surface area contributed by atoms with Gasteiger partial charge in [-0.2, -0.15) is 5.10 Å². The molecule has 0 saturated carbocycles. The number of hydrogen-bond acceptors (Lipinski definition) is 2. The Morgan fingerprint density at radius 1 is 1.46 bits per heavy atom. The molecule has 0 saturated heterocycles. The monoisotopic (exact) mass is 181 g/mol. The van der Waals surface area contributed by atoms with Crippen LogP contribution < -0.4 is 5.73 Å². The predicted molar refractivity (Wildman–Crippen MR) is 54.7 cm³/mol. The van der Waals surface area contributed by atoms with Crippen molar-refractivity contribution in [3.05, 3.63) is 17.0 Å². The highest BCUT2D eigenvalue weighted by Crippen LogP contribution is 2.14. The molecule has 0 aromatic carbocycles. The Kier molecular flexibility index (Phi) is 3.09. The molecule has 3 nitrogen and oxygen atoms in total. The molecule has 2 N–H and O–H groups in total. The van der Waals surface area contributed by atoms with Crippen LogP contribution in [0.2, 0.25) is 0 Å². The largest absolute Gasteiger partial charge is 0.327 e. The lowest BCUT2D eigenvalue weighted by molar-refractivity contribution is 0.641. The molecular weight excluding hydrogens is 162 g/mol. The highest BCUT2D eigenvalue weighted by molar-refractivity contribution is 5.25. The van der Waals surface area contributed by atoms with Crippen molar-refractivity contribution in [2.75, 3.05) is 0 Å². The summed E-state index contributed by atoms with van der Waals surface area (Å²) in [5, 5.41) is 4.36. The van der Waals surface area contributed by atoms with Gasteiger partial charge in [-0.15, -0.1) is 0 Å². The maximum absolute atomic E-state index is 5.91. The summed E-state index contributed by atoms with van der Waals surface area (Å²) in [6.07, 6.45) is 1.97. The Hall–Kier alpha value is -0.830. The molecular formula is C10H19N3. The van der Waals surface area contributed by atoms with Gasteiger partial charge in [0.05, 0.1) is 5.69 Å². The molecule has 1 heterocycles. The first kappa shape index (κ1) is 10.3. The summed E-state index contributed by atoms with van der Waals surface area (Å²) in [6, 6.07) is 0.265. The van der Waals surface area contributed by atoms with Crippen molar-refractivity contribution in [2.45, 2.75) is 39.7 Å². The van der Waals surface area contributed by atoms with Gasteiger partial charge in [0.15, 0.2) is 0 Å². The van der Waals surface area contributed by atoms with E-state index in [0.717, 1.165) is 18.5 Å². The average Bonchev–Trinajstić information content (AvgIpc) is 2.32. The van der Waals surface area contributed by atoms with Crippen LogP contribution in [-0.4, -0.2) is 15.8 Å². The normalized spacial score (nSPS) is 13.3. The van der Waals surface area contributed by atoms with Crippen LogP contribution in [0, 0.1) is 13.8 Å². The highest BCUT2D eigenvalue weighted by atomic mass is 15.3. The maximum atomic E-state index is 5.91. The van der Waals surface area contributed by atoms with Crippen LogP contribution in [0.3, 0.4) is 0 Å². The average molecular weight is 181 g/mol. The number of nitrogens with two attached hydrogens (primary N) is 1. The van der Waals surface area contributed by atoms with Crippen molar-refractivity contribution in [1.82, 2.24) is 9.78 Å². The highest BCUT2D eigenvalue weighted by Gasteiger charge is 2.11. The second kappa shape index (κ2) is 3.92. The van der Waals surface area contributed by atoms with Crippen LogP contribution in [0.4, 0.5) is 0 Å². The topological polar surface area (TPSA) is 43.8 Å². The van der Waals surface area contributed by atoms with Gasteiger partial charge in [-0.25, -0.2) is 0 Å². The van der Waals surface area contributed by atoms with Crippen molar-refractivity contribution in [3.63, 3.8) is 0 Å². The van der Waals surface area contributed by atoms with E-state index in [4.69, 9.17) is 5.73 Å². The molecule has 1 rings (SSSR count). The third-order valence-electron chi connectivity index (χ3n) is 2.65. The minimum absolute atomic E-state index is 0.265. The minimum atomic E-state index is 0.265. The first-order valence-corrected chi connectivity index (χ1v) is 4.80. The third-order valence-corrected chi connectivity index (χ3v) is 2.65. The van der Waals surface area contributed by atoms with Crippen molar-refractivity contribution in [2.24, 2.45) is 12.8 Å². The predicted octanol–water partition coefficient (Wildman–Crippen LogP) is 1.32. The number of aromatic nitrogens is 2. The van der Waals surface area contributed by atoms with Crippen LogP contribution in [0.25, 0.3) is 0 Å². The van der Waals surface area contributed by atoms with E-state index in [9.17, 15) is 0 Å². The van der Waals surface area contributed by atoms with E-state index in [-0.39, 0.29) is 6.04 Å². The number of hydrogen-bond donors (Lipinski definition) is 1. The van der Waals surface area contributed by atoms with Crippen molar-refractivity contribution < 1.29 is 0 Å². The van der Waals surface area contributed by atoms with Gasteiger partial charge in [0.2, 0.25) is 0 Å². The minimum Gasteiger partial charge on any atom is -0.327 e. The molecule has 74 valence electrons. The lowest BCUT2D eigenvalue weighted by Crippen LogP contribution is -2.22. The van der Waals surface area contributed by atoms with Gasteiger partial charge in [0.25, 0.3) is 0 Å². The van der Waals surface area contributed by atoms with E-state index in [0.29, 0.717) is 0 Å². The number of rotatable bonds is 3. The molecule has 0 aliphatic heterocycles. The maximum Gasteiger partial charge on any atom is 0.0628 e. The second-order valence-corrected chi connectivity index (χ2v) is 3.65. The summed E-state index contributed by atoms with van der Waals surface area (Å²) >= 11 is 0. The van der Waals surface area contributed by atoms with E-state index in [1.807, 2.05) is 18.7 Å². The second-order valence-electron chi connectivity index (χ2n) is 3.65. The SMILES string of the molecule is CCC(N)Cc1c(C)nn(C)c1C. The van der Waals surface area contributed by atoms with Gasteiger partial charge in [-0.05, 0) is 32.3 Å². The molecule has 0 aliphatic rings. The molecule has 0 fully saturated rings.